The Bertz CT molecular complexity index is 786. The molecule has 1 aliphatic rings. The van der Waals surface area contributed by atoms with Crippen molar-refractivity contribution in [1.82, 2.24) is 9.88 Å². The van der Waals surface area contributed by atoms with Gasteiger partial charge in [-0.25, -0.2) is 4.98 Å². The summed E-state index contributed by atoms with van der Waals surface area (Å²) in [5, 5.41) is 0. The van der Waals surface area contributed by atoms with E-state index in [4.69, 9.17) is 14.9 Å². The standard InChI is InChI=1S/C18H21N3O4/c1-11-4-3-5-12(6-11)16-15(20-10-25-16)18(23)21-7-13(9-24-2)14(8-21)17(19)22/h3-6,10,13-14H,7-9H2,1-2H3,(H2,19,22)/t13-,14+/m0/s1. The van der Waals surface area contributed by atoms with E-state index in [9.17, 15) is 9.59 Å². The van der Waals surface area contributed by atoms with E-state index < -0.39 is 11.8 Å². The van der Waals surface area contributed by atoms with Gasteiger partial charge in [-0.1, -0.05) is 23.8 Å². The Hall–Kier alpha value is -2.67. The SMILES string of the molecule is COC[C@@H]1CN(C(=O)c2ncoc2-c2cccc(C)c2)C[C@H]1C(N)=O. The number of carbonyl (C=O) groups is 2. The second kappa shape index (κ2) is 7.06. The Morgan fingerprint density at radius 2 is 2.20 bits per heavy atom. The van der Waals surface area contributed by atoms with E-state index >= 15 is 0 Å². The highest BCUT2D eigenvalue weighted by atomic mass is 16.5. The number of likely N-dealkylation sites (tertiary alicyclic amines) is 1. The number of carbonyl (C=O) groups excluding carboxylic acids is 2. The zero-order valence-corrected chi connectivity index (χ0v) is 14.3. The number of benzene rings is 1. The molecule has 0 bridgehead atoms. The molecule has 1 aromatic carbocycles. The number of amides is 2. The number of ether oxygens (including phenoxy) is 1. The third-order valence-electron chi connectivity index (χ3n) is 4.52. The largest absolute Gasteiger partial charge is 0.443 e. The first-order valence-corrected chi connectivity index (χ1v) is 8.09. The lowest BCUT2D eigenvalue weighted by Gasteiger charge is -2.15. The first-order valence-electron chi connectivity index (χ1n) is 8.09. The molecule has 0 aliphatic carbocycles. The summed E-state index contributed by atoms with van der Waals surface area (Å²) in [4.78, 5) is 30.3. The molecule has 2 N–H and O–H groups in total. The van der Waals surface area contributed by atoms with E-state index in [1.807, 2.05) is 31.2 Å². The van der Waals surface area contributed by atoms with Crippen LogP contribution in [0.25, 0.3) is 11.3 Å². The lowest BCUT2D eigenvalue weighted by molar-refractivity contribution is -0.122. The molecule has 132 valence electrons. The van der Waals surface area contributed by atoms with Crippen molar-refractivity contribution in [1.29, 1.82) is 0 Å². The minimum atomic E-state index is -0.420. The number of hydrogen-bond acceptors (Lipinski definition) is 5. The van der Waals surface area contributed by atoms with Gasteiger partial charge in [0.25, 0.3) is 5.91 Å². The van der Waals surface area contributed by atoms with E-state index in [0.717, 1.165) is 11.1 Å². The third kappa shape index (κ3) is 3.41. The molecule has 0 radical (unpaired) electrons. The molecule has 7 heteroatoms. The fourth-order valence-electron chi connectivity index (χ4n) is 3.28. The molecule has 3 rings (SSSR count). The van der Waals surface area contributed by atoms with Crippen LogP contribution in [0.1, 0.15) is 16.1 Å². The molecule has 0 unspecified atom stereocenters. The minimum absolute atomic E-state index is 0.110. The number of methoxy groups -OCH3 is 1. The highest BCUT2D eigenvalue weighted by Crippen LogP contribution is 2.29. The van der Waals surface area contributed by atoms with Crippen molar-refractivity contribution in [2.75, 3.05) is 26.8 Å². The van der Waals surface area contributed by atoms with Gasteiger partial charge in [0.1, 0.15) is 0 Å². The smallest absolute Gasteiger partial charge is 0.276 e. The summed E-state index contributed by atoms with van der Waals surface area (Å²) >= 11 is 0. The maximum absolute atomic E-state index is 12.9. The lowest BCUT2D eigenvalue weighted by atomic mass is 9.96. The summed E-state index contributed by atoms with van der Waals surface area (Å²) in [5.41, 5.74) is 7.56. The number of aryl methyl sites for hydroxylation is 1. The van der Waals surface area contributed by atoms with Crippen LogP contribution in [0.4, 0.5) is 0 Å². The van der Waals surface area contributed by atoms with Crippen molar-refractivity contribution in [2.45, 2.75) is 6.92 Å². The average Bonchev–Trinajstić information content (AvgIpc) is 3.21. The van der Waals surface area contributed by atoms with Crippen LogP contribution in [0.3, 0.4) is 0 Å². The van der Waals surface area contributed by atoms with Gasteiger partial charge in [0.05, 0.1) is 12.5 Å². The summed E-state index contributed by atoms with van der Waals surface area (Å²) in [7, 11) is 1.57. The van der Waals surface area contributed by atoms with Gasteiger partial charge in [0.2, 0.25) is 5.91 Å². The quantitative estimate of drug-likeness (QED) is 0.886. The highest BCUT2D eigenvalue weighted by Gasteiger charge is 2.40. The summed E-state index contributed by atoms with van der Waals surface area (Å²) in [6.45, 7) is 3.01. The molecule has 2 atom stereocenters. The number of nitrogens with zero attached hydrogens (tertiary/aromatic N) is 2. The monoisotopic (exact) mass is 343 g/mol. The fraction of sp³-hybridized carbons (Fsp3) is 0.389. The predicted molar refractivity (Wildman–Crippen MR) is 90.6 cm³/mol. The summed E-state index contributed by atoms with van der Waals surface area (Å²) < 4.78 is 10.6. The zero-order chi connectivity index (χ0) is 18.0. The van der Waals surface area contributed by atoms with Crippen molar-refractivity contribution in [3.63, 3.8) is 0 Å². The Balaban J connectivity index is 1.85. The van der Waals surface area contributed by atoms with Crippen LogP contribution in [0.2, 0.25) is 0 Å². The fourth-order valence-corrected chi connectivity index (χ4v) is 3.28. The first-order chi connectivity index (χ1) is 12.0. The van der Waals surface area contributed by atoms with Crippen molar-refractivity contribution in [3.05, 3.63) is 41.9 Å². The number of rotatable bonds is 5. The topological polar surface area (TPSA) is 98.7 Å². The van der Waals surface area contributed by atoms with Gasteiger partial charge in [-0.2, -0.15) is 0 Å². The average molecular weight is 343 g/mol. The van der Waals surface area contributed by atoms with Crippen molar-refractivity contribution in [2.24, 2.45) is 17.6 Å². The number of hydrogen-bond donors (Lipinski definition) is 1. The van der Waals surface area contributed by atoms with Crippen LogP contribution in [0, 0.1) is 18.8 Å². The second-order valence-electron chi connectivity index (χ2n) is 6.33. The van der Waals surface area contributed by atoms with Gasteiger partial charge < -0.3 is 19.8 Å². The van der Waals surface area contributed by atoms with E-state index in [0.29, 0.717) is 18.9 Å². The molecular weight excluding hydrogens is 322 g/mol. The molecule has 0 saturated carbocycles. The van der Waals surface area contributed by atoms with Crippen LogP contribution >= 0.6 is 0 Å². The van der Waals surface area contributed by atoms with Crippen LogP contribution in [-0.4, -0.2) is 48.5 Å². The van der Waals surface area contributed by atoms with Gasteiger partial charge in [-0.3, -0.25) is 9.59 Å². The molecule has 7 nitrogen and oxygen atoms in total. The predicted octanol–water partition coefficient (Wildman–Crippen LogP) is 1.47. The zero-order valence-electron chi connectivity index (χ0n) is 14.3. The van der Waals surface area contributed by atoms with Crippen molar-refractivity contribution in [3.8, 4) is 11.3 Å². The summed E-state index contributed by atoms with van der Waals surface area (Å²) in [6.07, 6.45) is 1.26. The Morgan fingerprint density at radius 3 is 2.88 bits per heavy atom. The molecule has 1 saturated heterocycles. The summed E-state index contributed by atoms with van der Waals surface area (Å²) in [5.74, 6) is -0.787. The van der Waals surface area contributed by atoms with Crippen LogP contribution in [0.15, 0.2) is 35.1 Å². The molecule has 1 aliphatic heterocycles. The first kappa shape index (κ1) is 17.2. The number of aromatic nitrogens is 1. The third-order valence-corrected chi connectivity index (χ3v) is 4.52. The molecule has 2 aromatic rings. The lowest BCUT2D eigenvalue weighted by Crippen LogP contribution is -2.32. The van der Waals surface area contributed by atoms with Crippen molar-refractivity contribution >= 4 is 11.8 Å². The van der Waals surface area contributed by atoms with E-state index in [1.54, 1.807) is 12.0 Å². The molecule has 1 aromatic heterocycles. The van der Waals surface area contributed by atoms with Gasteiger partial charge in [-0.05, 0) is 13.0 Å². The van der Waals surface area contributed by atoms with Crippen LogP contribution in [-0.2, 0) is 9.53 Å². The van der Waals surface area contributed by atoms with Gasteiger partial charge in [-0.15, -0.1) is 0 Å². The maximum atomic E-state index is 12.9. The van der Waals surface area contributed by atoms with Gasteiger partial charge >= 0.3 is 0 Å². The Morgan fingerprint density at radius 1 is 1.40 bits per heavy atom. The maximum Gasteiger partial charge on any atom is 0.276 e. The minimum Gasteiger partial charge on any atom is -0.443 e. The molecule has 2 heterocycles. The summed E-state index contributed by atoms with van der Waals surface area (Å²) in [6, 6.07) is 7.67. The normalized spacial score (nSPS) is 20.0. The molecule has 1 fully saturated rings. The molecule has 2 amide bonds. The van der Waals surface area contributed by atoms with E-state index in [2.05, 4.69) is 4.98 Å². The van der Waals surface area contributed by atoms with Gasteiger partial charge in [0.15, 0.2) is 17.8 Å². The Kier molecular flexibility index (Phi) is 4.85. The van der Waals surface area contributed by atoms with Crippen LogP contribution < -0.4 is 5.73 Å². The highest BCUT2D eigenvalue weighted by molar-refractivity contribution is 5.98. The number of oxazole rings is 1. The van der Waals surface area contributed by atoms with E-state index in [-0.39, 0.29) is 24.1 Å². The van der Waals surface area contributed by atoms with Gasteiger partial charge in [0, 0.05) is 31.7 Å². The van der Waals surface area contributed by atoms with E-state index in [1.165, 1.54) is 6.39 Å². The number of nitrogens with two attached hydrogens (primary N) is 1. The molecular formula is C18H21N3O4. The van der Waals surface area contributed by atoms with Crippen molar-refractivity contribution < 1.29 is 18.7 Å². The molecule has 0 spiro atoms. The van der Waals surface area contributed by atoms with Crippen LogP contribution in [0.5, 0.6) is 0 Å². The second-order valence-corrected chi connectivity index (χ2v) is 6.33. The number of primary amides is 1. The molecule has 25 heavy (non-hydrogen) atoms. The Labute approximate surface area is 145 Å².